The molecule has 1 aliphatic heterocycles. The standard InChI is InChI=1S/C25H30N4O5S/c1-17(2)24-27-25(34-28-24)21-6-4-5-18(3)23(21)26-22(30)12-9-19-7-10-20(11-8-19)35(31,32)29-13-15-33-16-14-29/h4-8,10-11,17H,9,12-16H2,1-3H3,(H,26,30). The highest BCUT2D eigenvalue weighted by Crippen LogP contribution is 2.30. The van der Waals surface area contributed by atoms with Gasteiger partial charge in [0.1, 0.15) is 0 Å². The number of anilines is 1. The molecule has 4 rings (SSSR count). The summed E-state index contributed by atoms with van der Waals surface area (Å²) < 4.78 is 37.7. The van der Waals surface area contributed by atoms with Crippen LogP contribution < -0.4 is 5.32 Å². The Kier molecular flexibility index (Phi) is 7.63. The molecule has 2 heterocycles. The molecule has 0 spiro atoms. The SMILES string of the molecule is Cc1cccc(-c2nc(C(C)C)no2)c1NC(=O)CCc1ccc(S(=O)(=O)N2CCOCC2)cc1. The second-order valence-electron chi connectivity index (χ2n) is 8.82. The molecule has 186 valence electrons. The van der Waals surface area contributed by atoms with Crippen LogP contribution in [-0.4, -0.2) is 55.1 Å². The monoisotopic (exact) mass is 498 g/mol. The Morgan fingerprint density at radius 2 is 1.83 bits per heavy atom. The van der Waals surface area contributed by atoms with Crippen molar-refractivity contribution in [2.45, 2.75) is 44.4 Å². The van der Waals surface area contributed by atoms with Gasteiger partial charge in [0.25, 0.3) is 5.89 Å². The lowest BCUT2D eigenvalue weighted by atomic mass is 10.1. The molecule has 1 aromatic heterocycles. The average Bonchev–Trinajstić information content (AvgIpc) is 3.35. The number of sulfonamides is 1. The van der Waals surface area contributed by atoms with Crippen molar-refractivity contribution < 1.29 is 22.5 Å². The molecule has 10 heteroatoms. The Morgan fingerprint density at radius 3 is 2.49 bits per heavy atom. The maximum atomic E-state index is 12.8. The third-order valence-electron chi connectivity index (χ3n) is 5.90. The molecule has 2 aromatic carbocycles. The summed E-state index contributed by atoms with van der Waals surface area (Å²) >= 11 is 0. The van der Waals surface area contributed by atoms with Gasteiger partial charge >= 0.3 is 0 Å². The van der Waals surface area contributed by atoms with Gasteiger partial charge in [-0.2, -0.15) is 9.29 Å². The minimum atomic E-state index is -3.54. The molecule has 0 bridgehead atoms. The van der Waals surface area contributed by atoms with Crippen LogP contribution in [0.1, 0.15) is 43.1 Å². The summed E-state index contributed by atoms with van der Waals surface area (Å²) in [5, 5.41) is 7.00. The smallest absolute Gasteiger partial charge is 0.260 e. The number of rotatable bonds is 8. The zero-order valence-corrected chi connectivity index (χ0v) is 21.0. The third-order valence-corrected chi connectivity index (χ3v) is 7.81. The predicted octanol–water partition coefficient (Wildman–Crippen LogP) is 3.76. The van der Waals surface area contributed by atoms with Crippen molar-refractivity contribution in [2.75, 3.05) is 31.6 Å². The van der Waals surface area contributed by atoms with E-state index in [-0.39, 0.29) is 23.1 Å². The first-order chi connectivity index (χ1) is 16.8. The molecule has 0 saturated carbocycles. The van der Waals surface area contributed by atoms with E-state index in [2.05, 4.69) is 15.5 Å². The number of carbonyl (C=O) groups is 1. The Labute approximate surface area is 205 Å². The topological polar surface area (TPSA) is 115 Å². The summed E-state index contributed by atoms with van der Waals surface area (Å²) in [5.41, 5.74) is 3.08. The van der Waals surface area contributed by atoms with E-state index in [9.17, 15) is 13.2 Å². The van der Waals surface area contributed by atoms with E-state index in [0.29, 0.717) is 55.7 Å². The number of hydrogen-bond acceptors (Lipinski definition) is 7. The van der Waals surface area contributed by atoms with Gasteiger partial charge < -0.3 is 14.6 Å². The highest BCUT2D eigenvalue weighted by atomic mass is 32.2. The minimum absolute atomic E-state index is 0.130. The number of aromatic nitrogens is 2. The second-order valence-corrected chi connectivity index (χ2v) is 10.8. The lowest BCUT2D eigenvalue weighted by molar-refractivity contribution is -0.116. The molecular weight excluding hydrogens is 468 g/mol. The number of amides is 1. The van der Waals surface area contributed by atoms with Crippen LogP contribution in [-0.2, 0) is 26.0 Å². The van der Waals surface area contributed by atoms with Crippen LogP contribution in [0.25, 0.3) is 11.5 Å². The van der Waals surface area contributed by atoms with Crippen molar-refractivity contribution >= 4 is 21.6 Å². The van der Waals surface area contributed by atoms with Gasteiger partial charge in [-0.1, -0.05) is 43.3 Å². The molecule has 1 N–H and O–H groups in total. The molecule has 3 aromatic rings. The highest BCUT2D eigenvalue weighted by molar-refractivity contribution is 7.89. The molecule has 35 heavy (non-hydrogen) atoms. The van der Waals surface area contributed by atoms with E-state index in [0.717, 1.165) is 11.1 Å². The van der Waals surface area contributed by atoms with Crippen LogP contribution in [0.2, 0.25) is 0 Å². The summed E-state index contributed by atoms with van der Waals surface area (Å²) in [7, 11) is -3.54. The molecular formula is C25H30N4O5S. The lowest BCUT2D eigenvalue weighted by Gasteiger charge is -2.26. The van der Waals surface area contributed by atoms with Crippen molar-refractivity contribution in [3.8, 4) is 11.5 Å². The number of aryl methyl sites for hydroxylation is 2. The molecule has 1 fully saturated rings. The molecule has 0 aliphatic carbocycles. The van der Waals surface area contributed by atoms with Gasteiger partial charge in [0.2, 0.25) is 15.9 Å². The highest BCUT2D eigenvalue weighted by Gasteiger charge is 2.26. The number of ether oxygens (including phenoxy) is 1. The van der Waals surface area contributed by atoms with Crippen LogP contribution in [0.4, 0.5) is 5.69 Å². The summed E-state index contributed by atoms with van der Waals surface area (Å²) in [5.74, 6) is 0.947. The van der Waals surface area contributed by atoms with Crippen LogP contribution in [0, 0.1) is 6.92 Å². The number of benzene rings is 2. The minimum Gasteiger partial charge on any atom is -0.379 e. The van der Waals surface area contributed by atoms with Gasteiger partial charge in [0, 0.05) is 25.4 Å². The first-order valence-corrected chi connectivity index (χ1v) is 13.1. The van der Waals surface area contributed by atoms with E-state index in [1.54, 1.807) is 24.3 Å². The molecule has 1 aliphatic rings. The molecule has 0 atom stereocenters. The van der Waals surface area contributed by atoms with Crippen molar-refractivity contribution in [2.24, 2.45) is 0 Å². The zero-order chi connectivity index (χ0) is 25.0. The van der Waals surface area contributed by atoms with E-state index in [1.165, 1.54) is 4.31 Å². The summed E-state index contributed by atoms with van der Waals surface area (Å²) in [4.78, 5) is 17.5. The first-order valence-electron chi connectivity index (χ1n) is 11.7. The fourth-order valence-electron chi connectivity index (χ4n) is 3.81. The maximum Gasteiger partial charge on any atom is 0.260 e. The fraction of sp³-hybridized carbons (Fsp3) is 0.400. The van der Waals surface area contributed by atoms with E-state index in [1.807, 2.05) is 39.0 Å². The Hall–Kier alpha value is -3.08. The fourth-order valence-corrected chi connectivity index (χ4v) is 5.22. The third kappa shape index (κ3) is 5.77. The Morgan fingerprint density at radius 1 is 1.11 bits per heavy atom. The second kappa shape index (κ2) is 10.7. The van der Waals surface area contributed by atoms with Gasteiger partial charge in [-0.3, -0.25) is 4.79 Å². The Balaban J connectivity index is 1.41. The van der Waals surface area contributed by atoms with Crippen molar-refractivity contribution in [1.29, 1.82) is 0 Å². The molecule has 1 amide bonds. The summed E-state index contributed by atoms with van der Waals surface area (Å²) in [6.45, 7) is 7.39. The summed E-state index contributed by atoms with van der Waals surface area (Å²) in [6.07, 6.45) is 0.716. The van der Waals surface area contributed by atoms with Crippen LogP contribution in [0.5, 0.6) is 0 Å². The quantitative estimate of drug-likeness (QED) is 0.503. The van der Waals surface area contributed by atoms with Crippen molar-refractivity contribution in [3.63, 3.8) is 0 Å². The number of carbonyl (C=O) groups excluding carboxylic acids is 1. The molecule has 1 saturated heterocycles. The van der Waals surface area contributed by atoms with Crippen LogP contribution in [0.15, 0.2) is 51.9 Å². The van der Waals surface area contributed by atoms with Gasteiger partial charge in [-0.15, -0.1) is 0 Å². The van der Waals surface area contributed by atoms with E-state index >= 15 is 0 Å². The molecule has 0 radical (unpaired) electrons. The maximum absolute atomic E-state index is 12.8. The van der Waals surface area contributed by atoms with Crippen molar-refractivity contribution in [1.82, 2.24) is 14.4 Å². The number of para-hydroxylation sites is 1. The average molecular weight is 499 g/mol. The number of hydrogen-bond donors (Lipinski definition) is 1. The van der Waals surface area contributed by atoms with Gasteiger partial charge in [0.05, 0.1) is 29.4 Å². The van der Waals surface area contributed by atoms with Gasteiger partial charge in [-0.05, 0) is 42.7 Å². The molecule has 0 unspecified atom stereocenters. The number of nitrogens with zero attached hydrogens (tertiary/aromatic N) is 3. The number of nitrogens with one attached hydrogen (secondary N) is 1. The van der Waals surface area contributed by atoms with Crippen LogP contribution >= 0.6 is 0 Å². The Bertz CT molecular complexity index is 1280. The number of morpholine rings is 1. The summed E-state index contributed by atoms with van der Waals surface area (Å²) in [6, 6.07) is 12.3. The predicted molar refractivity (Wildman–Crippen MR) is 132 cm³/mol. The zero-order valence-electron chi connectivity index (χ0n) is 20.2. The van der Waals surface area contributed by atoms with Crippen molar-refractivity contribution in [3.05, 3.63) is 59.4 Å². The normalized spacial score (nSPS) is 14.9. The lowest BCUT2D eigenvalue weighted by Crippen LogP contribution is -2.40. The van der Waals surface area contributed by atoms with E-state index in [4.69, 9.17) is 9.26 Å². The largest absolute Gasteiger partial charge is 0.379 e. The van der Waals surface area contributed by atoms with Gasteiger partial charge in [0.15, 0.2) is 5.82 Å². The van der Waals surface area contributed by atoms with Crippen LogP contribution in [0.3, 0.4) is 0 Å². The van der Waals surface area contributed by atoms with Gasteiger partial charge in [-0.25, -0.2) is 8.42 Å². The first kappa shape index (κ1) is 25.0. The molecule has 9 nitrogen and oxygen atoms in total. The van der Waals surface area contributed by atoms with E-state index < -0.39 is 10.0 Å².